The maximum absolute atomic E-state index is 13.4. The molecule has 0 saturated carbocycles. The summed E-state index contributed by atoms with van der Waals surface area (Å²) in [4.78, 5) is 25.9. The summed E-state index contributed by atoms with van der Waals surface area (Å²) in [6, 6.07) is 6.16. The molecule has 0 unspecified atom stereocenters. The fourth-order valence-corrected chi connectivity index (χ4v) is 4.06. The van der Waals surface area contributed by atoms with Crippen LogP contribution in [0.25, 0.3) is 10.2 Å². The maximum atomic E-state index is 13.4. The van der Waals surface area contributed by atoms with Gasteiger partial charge in [-0.05, 0) is 64.9 Å². The van der Waals surface area contributed by atoms with E-state index >= 15 is 0 Å². The third-order valence-corrected chi connectivity index (χ3v) is 5.84. The first-order chi connectivity index (χ1) is 15.3. The van der Waals surface area contributed by atoms with Crippen molar-refractivity contribution < 1.29 is 9.18 Å². The number of rotatable bonds is 10. The van der Waals surface area contributed by atoms with Crippen molar-refractivity contribution in [1.82, 2.24) is 19.8 Å². The lowest BCUT2D eigenvalue weighted by Gasteiger charge is -2.16. The Balaban J connectivity index is 1.60. The minimum absolute atomic E-state index is 0.0219. The van der Waals surface area contributed by atoms with Crippen molar-refractivity contribution in [3.63, 3.8) is 0 Å². The molecule has 0 bridgehead atoms. The number of anilines is 3. The van der Waals surface area contributed by atoms with Gasteiger partial charge in [-0.2, -0.15) is 0 Å². The molecular formula is C22H26ClFN6OS. The second kappa shape index (κ2) is 11.3. The van der Waals surface area contributed by atoms with E-state index in [4.69, 9.17) is 11.6 Å². The highest BCUT2D eigenvalue weighted by Crippen LogP contribution is 2.33. The SMILES string of the molecule is CN(C)CCCN(C)C/C=C/C(=O)Nc1cc2c(Nc3ccc(F)c(Cl)c3)ncnc2s1. The van der Waals surface area contributed by atoms with Crippen molar-refractivity contribution in [2.24, 2.45) is 0 Å². The molecule has 0 aliphatic heterocycles. The van der Waals surface area contributed by atoms with Gasteiger partial charge in [0.2, 0.25) is 5.91 Å². The van der Waals surface area contributed by atoms with Gasteiger partial charge in [0.05, 0.1) is 15.4 Å². The molecule has 3 aromatic rings. The molecule has 7 nitrogen and oxygen atoms in total. The molecule has 2 heterocycles. The minimum atomic E-state index is -0.488. The smallest absolute Gasteiger partial charge is 0.248 e. The number of likely N-dealkylation sites (N-methyl/N-ethyl adjacent to an activating group) is 1. The van der Waals surface area contributed by atoms with Crippen molar-refractivity contribution in [3.8, 4) is 0 Å². The van der Waals surface area contributed by atoms with Gasteiger partial charge < -0.3 is 20.4 Å². The van der Waals surface area contributed by atoms with E-state index < -0.39 is 5.82 Å². The van der Waals surface area contributed by atoms with Gasteiger partial charge in [-0.1, -0.05) is 29.0 Å². The molecule has 2 N–H and O–H groups in total. The van der Waals surface area contributed by atoms with Crippen LogP contribution in [-0.2, 0) is 4.79 Å². The number of benzene rings is 1. The van der Waals surface area contributed by atoms with E-state index in [9.17, 15) is 9.18 Å². The number of hydrogen-bond acceptors (Lipinski definition) is 7. The number of halogens is 2. The zero-order valence-corrected chi connectivity index (χ0v) is 19.8. The van der Waals surface area contributed by atoms with E-state index in [1.54, 1.807) is 6.07 Å². The predicted octanol–water partition coefficient (Wildman–Crippen LogP) is 4.61. The standard InChI is InChI=1S/C22H26ClFN6OS/c1-29(2)9-5-11-30(3)10-4-6-19(31)28-20-13-16-21(25-14-26-22(16)32-20)27-15-7-8-18(24)17(23)12-15/h4,6-8,12-14H,5,9-11H2,1-3H3,(H,28,31)(H,25,26,27)/b6-4+. The molecule has 10 heteroatoms. The van der Waals surface area contributed by atoms with Crippen molar-refractivity contribution in [3.05, 3.63) is 53.6 Å². The Hall–Kier alpha value is -2.59. The molecule has 0 saturated heterocycles. The molecule has 0 radical (unpaired) electrons. The number of amides is 1. The lowest BCUT2D eigenvalue weighted by Crippen LogP contribution is -2.24. The van der Waals surface area contributed by atoms with Crippen LogP contribution in [0.2, 0.25) is 5.02 Å². The summed E-state index contributed by atoms with van der Waals surface area (Å²) in [5.74, 6) is -0.145. The largest absolute Gasteiger partial charge is 0.340 e. The van der Waals surface area contributed by atoms with E-state index in [-0.39, 0.29) is 10.9 Å². The molecule has 170 valence electrons. The Kier molecular flexibility index (Phi) is 8.52. The summed E-state index contributed by atoms with van der Waals surface area (Å²) in [6.45, 7) is 2.70. The van der Waals surface area contributed by atoms with Crippen LogP contribution in [0.4, 0.5) is 20.9 Å². The molecule has 0 fully saturated rings. The first kappa shape index (κ1) is 24.1. The lowest BCUT2D eigenvalue weighted by molar-refractivity contribution is -0.111. The summed E-state index contributed by atoms with van der Waals surface area (Å²) < 4.78 is 13.4. The van der Waals surface area contributed by atoms with Gasteiger partial charge in [0.15, 0.2) is 0 Å². The molecule has 0 aliphatic rings. The Morgan fingerprint density at radius 3 is 2.78 bits per heavy atom. The normalized spacial score (nSPS) is 11.7. The summed E-state index contributed by atoms with van der Waals surface area (Å²) in [5, 5.41) is 7.43. The monoisotopic (exact) mass is 476 g/mol. The second-order valence-corrected chi connectivity index (χ2v) is 9.05. The van der Waals surface area contributed by atoms with Gasteiger partial charge in [-0.25, -0.2) is 14.4 Å². The number of carbonyl (C=O) groups excluding carboxylic acids is 1. The first-order valence-corrected chi connectivity index (χ1v) is 11.3. The highest BCUT2D eigenvalue weighted by atomic mass is 35.5. The fraction of sp³-hybridized carbons (Fsp3) is 0.318. The van der Waals surface area contributed by atoms with Crippen LogP contribution in [0.15, 0.2) is 42.7 Å². The zero-order chi connectivity index (χ0) is 23.1. The van der Waals surface area contributed by atoms with Crippen LogP contribution in [-0.4, -0.2) is 66.5 Å². The maximum Gasteiger partial charge on any atom is 0.248 e. The number of thiophene rings is 1. The van der Waals surface area contributed by atoms with Crippen molar-refractivity contribution in [1.29, 1.82) is 0 Å². The molecule has 0 spiro atoms. The molecule has 3 rings (SSSR count). The predicted molar refractivity (Wildman–Crippen MR) is 131 cm³/mol. The highest BCUT2D eigenvalue weighted by Gasteiger charge is 2.11. The summed E-state index contributed by atoms with van der Waals surface area (Å²) in [5.41, 5.74) is 0.603. The molecule has 32 heavy (non-hydrogen) atoms. The molecule has 1 amide bonds. The van der Waals surface area contributed by atoms with Crippen LogP contribution in [0.1, 0.15) is 6.42 Å². The van der Waals surface area contributed by atoms with Crippen molar-refractivity contribution in [2.75, 3.05) is 51.4 Å². The van der Waals surface area contributed by atoms with Crippen molar-refractivity contribution >= 4 is 55.6 Å². The third kappa shape index (κ3) is 6.96. The minimum Gasteiger partial charge on any atom is -0.340 e. The van der Waals surface area contributed by atoms with Crippen LogP contribution >= 0.6 is 22.9 Å². The Morgan fingerprint density at radius 1 is 1.22 bits per heavy atom. The van der Waals surface area contributed by atoms with Crippen LogP contribution in [0.5, 0.6) is 0 Å². The van der Waals surface area contributed by atoms with Gasteiger partial charge in [-0.15, -0.1) is 0 Å². The summed E-state index contributed by atoms with van der Waals surface area (Å²) >= 11 is 7.21. The average molecular weight is 477 g/mol. The quantitative estimate of drug-likeness (QED) is 0.416. The molecule has 1 aromatic carbocycles. The molecule has 0 aliphatic carbocycles. The summed E-state index contributed by atoms with van der Waals surface area (Å²) in [7, 11) is 6.15. The lowest BCUT2D eigenvalue weighted by atomic mass is 10.3. The number of aromatic nitrogens is 2. The molecule has 0 atom stereocenters. The third-order valence-electron chi connectivity index (χ3n) is 4.59. The summed E-state index contributed by atoms with van der Waals surface area (Å²) in [6.07, 6.45) is 5.90. The van der Waals surface area contributed by atoms with Crippen LogP contribution in [0.3, 0.4) is 0 Å². The first-order valence-electron chi connectivity index (χ1n) is 10.1. The van der Waals surface area contributed by atoms with Gasteiger partial charge in [0, 0.05) is 18.3 Å². The second-order valence-electron chi connectivity index (χ2n) is 7.62. The molecule has 2 aromatic heterocycles. The number of fused-ring (bicyclic) bond motifs is 1. The topological polar surface area (TPSA) is 73.4 Å². The average Bonchev–Trinajstić information content (AvgIpc) is 3.14. The van der Waals surface area contributed by atoms with E-state index in [0.717, 1.165) is 29.7 Å². The van der Waals surface area contributed by atoms with Gasteiger partial charge in [0.25, 0.3) is 0 Å². The Bertz CT molecular complexity index is 1100. The number of hydrogen-bond donors (Lipinski definition) is 2. The Labute approximate surface area is 195 Å². The van der Waals surface area contributed by atoms with Crippen LogP contribution < -0.4 is 10.6 Å². The Morgan fingerprint density at radius 2 is 2.03 bits per heavy atom. The number of nitrogens with one attached hydrogen (secondary N) is 2. The van der Waals surface area contributed by atoms with Gasteiger partial charge in [0.1, 0.15) is 22.8 Å². The number of nitrogens with zero attached hydrogens (tertiary/aromatic N) is 4. The van der Waals surface area contributed by atoms with Gasteiger partial charge in [-0.3, -0.25) is 4.79 Å². The molecular weight excluding hydrogens is 451 g/mol. The van der Waals surface area contributed by atoms with Crippen LogP contribution in [0, 0.1) is 5.82 Å². The van der Waals surface area contributed by atoms with E-state index in [2.05, 4.69) is 44.5 Å². The highest BCUT2D eigenvalue weighted by molar-refractivity contribution is 7.22. The number of carbonyl (C=O) groups is 1. The van der Waals surface area contributed by atoms with E-state index in [1.165, 1.54) is 35.9 Å². The van der Waals surface area contributed by atoms with E-state index in [0.29, 0.717) is 23.1 Å². The zero-order valence-electron chi connectivity index (χ0n) is 18.2. The fourth-order valence-electron chi connectivity index (χ4n) is 2.98. The van der Waals surface area contributed by atoms with Crippen molar-refractivity contribution in [2.45, 2.75) is 6.42 Å². The van der Waals surface area contributed by atoms with Gasteiger partial charge >= 0.3 is 0 Å². The van der Waals surface area contributed by atoms with E-state index in [1.807, 2.05) is 19.2 Å².